The lowest BCUT2D eigenvalue weighted by atomic mass is 9.75. The van der Waals surface area contributed by atoms with Gasteiger partial charge in [-0.05, 0) is 55.6 Å². The molecule has 1 aromatic carbocycles. The lowest BCUT2D eigenvalue weighted by Gasteiger charge is -2.51. The molecule has 4 fully saturated rings. The van der Waals surface area contributed by atoms with Crippen LogP contribution in [0.25, 0.3) is 0 Å². The first-order valence-corrected chi connectivity index (χ1v) is 9.92. The minimum Gasteiger partial charge on any atom is -0.336 e. The number of rotatable bonds is 3. The van der Waals surface area contributed by atoms with Crippen molar-refractivity contribution in [1.29, 1.82) is 0 Å². The van der Waals surface area contributed by atoms with Crippen LogP contribution in [0.4, 0.5) is 4.39 Å². The molecule has 0 spiro atoms. The number of nitrogens with zero attached hydrogens (tertiary/aromatic N) is 4. The van der Waals surface area contributed by atoms with Gasteiger partial charge in [0.25, 0.3) is 0 Å². The standard InChI is InChI=1S/C21H23FN4O2/c22-16-4-2-14(3-5-16)17-12-26(18(27)13-25-9-1-8-23-21(25)28)19-15-6-10-24(11-7-15)20(17)19/h1-5,8-9,15,17,19-20H,6-7,10-13H2/t17-,19+,20+/m1/s1. The van der Waals surface area contributed by atoms with Crippen molar-refractivity contribution in [3.8, 4) is 0 Å². The highest BCUT2D eigenvalue weighted by atomic mass is 19.1. The molecule has 6 nitrogen and oxygen atoms in total. The Hall–Kier alpha value is -2.54. The summed E-state index contributed by atoms with van der Waals surface area (Å²) in [5.74, 6) is 0.384. The van der Waals surface area contributed by atoms with Crippen molar-refractivity contribution in [2.45, 2.75) is 37.4 Å². The Morgan fingerprint density at radius 2 is 1.89 bits per heavy atom. The molecule has 146 valence electrons. The van der Waals surface area contributed by atoms with Gasteiger partial charge in [0.2, 0.25) is 5.91 Å². The fourth-order valence-electron chi connectivity index (χ4n) is 5.45. The first-order chi connectivity index (χ1) is 13.6. The average molecular weight is 382 g/mol. The molecule has 7 heteroatoms. The minimum atomic E-state index is -0.407. The van der Waals surface area contributed by atoms with Crippen LogP contribution in [0.1, 0.15) is 24.3 Å². The molecular formula is C21H23FN4O2. The van der Waals surface area contributed by atoms with Gasteiger partial charge in [0.05, 0.1) is 6.04 Å². The SMILES string of the molecule is O=C(Cn1cccnc1=O)N1C[C@H](c2ccc(F)cc2)[C@H]2[C@@H]1C1CCN2CC1. The summed E-state index contributed by atoms with van der Waals surface area (Å²) in [6.07, 6.45) is 5.25. The predicted molar refractivity (Wildman–Crippen MR) is 101 cm³/mol. The number of aromatic nitrogens is 2. The van der Waals surface area contributed by atoms with Crippen molar-refractivity contribution in [1.82, 2.24) is 19.4 Å². The number of fused-ring (bicyclic) bond motifs is 2. The first-order valence-electron chi connectivity index (χ1n) is 9.92. The monoisotopic (exact) mass is 382 g/mol. The Bertz CT molecular complexity index is 936. The molecule has 1 aromatic heterocycles. The summed E-state index contributed by atoms with van der Waals surface area (Å²) in [6, 6.07) is 8.79. The summed E-state index contributed by atoms with van der Waals surface area (Å²) in [7, 11) is 0. The maximum Gasteiger partial charge on any atom is 0.347 e. The smallest absolute Gasteiger partial charge is 0.336 e. The van der Waals surface area contributed by atoms with Crippen LogP contribution in [-0.4, -0.2) is 57.0 Å². The van der Waals surface area contributed by atoms with Crippen molar-refractivity contribution in [2.75, 3.05) is 19.6 Å². The summed E-state index contributed by atoms with van der Waals surface area (Å²) in [6.45, 7) is 2.75. The highest BCUT2D eigenvalue weighted by Crippen LogP contribution is 2.46. The van der Waals surface area contributed by atoms with Gasteiger partial charge in [0, 0.05) is 30.9 Å². The van der Waals surface area contributed by atoms with Gasteiger partial charge < -0.3 is 4.90 Å². The molecule has 6 rings (SSSR count). The quantitative estimate of drug-likeness (QED) is 0.807. The van der Waals surface area contributed by atoms with Gasteiger partial charge in [-0.3, -0.25) is 14.3 Å². The minimum absolute atomic E-state index is 0.0126. The third-order valence-electron chi connectivity index (χ3n) is 6.70. The second-order valence-electron chi connectivity index (χ2n) is 8.09. The Kier molecular flexibility index (Phi) is 4.27. The highest BCUT2D eigenvalue weighted by molar-refractivity contribution is 5.77. The number of carbonyl (C=O) groups is 1. The summed E-state index contributed by atoms with van der Waals surface area (Å²) >= 11 is 0. The molecule has 2 bridgehead atoms. The van der Waals surface area contributed by atoms with E-state index in [9.17, 15) is 14.0 Å². The highest BCUT2D eigenvalue weighted by Gasteiger charge is 2.54. The average Bonchev–Trinajstić information content (AvgIpc) is 3.14. The fraction of sp³-hybridized carbons (Fsp3) is 0.476. The van der Waals surface area contributed by atoms with Crippen molar-refractivity contribution in [3.63, 3.8) is 0 Å². The molecule has 2 aromatic rings. The molecule has 0 N–H and O–H groups in total. The van der Waals surface area contributed by atoms with Crippen LogP contribution in [0.15, 0.2) is 47.5 Å². The Morgan fingerprint density at radius 3 is 2.61 bits per heavy atom. The summed E-state index contributed by atoms with van der Waals surface area (Å²) in [4.78, 5) is 33.3. The molecule has 28 heavy (non-hydrogen) atoms. The number of piperidine rings is 3. The van der Waals surface area contributed by atoms with E-state index in [1.54, 1.807) is 12.3 Å². The number of halogens is 1. The Morgan fingerprint density at radius 1 is 1.14 bits per heavy atom. The zero-order valence-corrected chi connectivity index (χ0v) is 15.6. The van der Waals surface area contributed by atoms with E-state index in [-0.39, 0.29) is 36.3 Å². The van der Waals surface area contributed by atoms with Crippen molar-refractivity contribution >= 4 is 5.91 Å². The van der Waals surface area contributed by atoms with E-state index in [0.717, 1.165) is 31.5 Å². The van der Waals surface area contributed by atoms with Gasteiger partial charge in [-0.15, -0.1) is 0 Å². The number of benzene rings is 1. The van der Waals surface area contributed by atoms with Crippen molar-refractivity contribution < 1.29 is 9.18 Å². The van der Waals surface area contributed by atoms with Crippen LogP contribution < -0.4 is 5.69 Å². The number of amides is 1. The molecule has 1 amide bonds. The Balaban J connectivity index is 1.46. The number of hydrogen-bond acceptors (Lipinski definition) is 4. The lowest BCUT2D eigenvalue weighted by molar-refractivity contribution is -0.136. The molecular weight excluding hydrogens is 359 g/mol. The Labute approximate surface area is 162 Å². The van der Waals surface area contributed by atoms with E-state index in [2.05, 4.69) is 9.88 Å². The molecule has 4 aliphatic heterocycles. The fourth-order valence-corrected chi connectivity index (χ4v) is 5.45. The second-order valence-corrected chi connectivity index (χ2v) is 8.09. The maximum atomic E-state index is 13.4. The molecule has 5 heterocycles. The van der Waals surface area contributed by atoms with Crippen LogP contribution in [0.2, 0.25) is 0 Å². The molecule has 4 saturated heterocycles. The van der Waals surface area contributed by atoms with E-state index < -0.39 is 5.69 Å². The number of carbonyl (C=O) groups excluding carboxylic acids is 1. The van der Waals surface area contributed by atoms with Crippen LogP contribution in [0.5, 0.6) is 0 Å². The lowest BCUT2D eigenvalue weighted by Crippen LogP contribution is -2.61. The zero-order chi connectivity index (χ0) is 19.3. The largest absolute Gasteiger partial charge is 0.347 e. The van der Waals surface area contributed by atoms with Crippen LogP contribution in [0, 0.1) is 11.7 Å². The molecule has 0 aliphatic carbocycles. The van der Waals surface area contributed by atoms with Gasteiger partial charge in [0.1, 0.15) is 12.4 Å². The summed E-state index contributed by atoms with van der Waals surface area (Å²) in [5.41, 5.74) is 0.674. The predicted octanol–water partition coefficient (Wildman–Crippen LogP) is 1.47. The maximum absolute atomic E-state index is 13.4. The number of hydrogen-bond donors (Lipinski definition) is 0. The molecule has 4 aliphatic rings. The summed E-state index contributed by atoms with van der Waals surface area (Å²) in [5, 5.41) is 0. The van der Waals surface area contributed by atoms with Crippen LogP contribution in [-0.2, 0) is 11.3 Å². The third kappa shape index (κ3) is 2.85. The topological polar surface area (TPSA) is 58.4 Å². The number of likely N-dealkylation sites (tertiary alicyclic amines) is 1. The zero-order valence-electron chi connectivity index (χ0n) is 15.6. The molecule has 0 unspecified atom stereocenters. The van der Waals surface area contributed by atoms with Gasteiger partial charge in [-0.2, -0.15) is 0 Å². The van der Waals surface area contributed by atoms with Crippen molar-refractivity contribution in [2.24, 2.45) is 5.92 Å². The summed E-state index contributed by atoms with van der Waals surface area (Å²) < 4.78 is 14.8. The molecule has 0 saturated carbocycles. The van der Waals surface area contributed by atoms with E-state index in [0.29, 0.717) is 12.5 Å². The van der Waals surface area contributed by atoms with Gasteiger partial charge in [-0.1, -0.05) is 12.1 Å². The van der Waals surface area contributed by atoms with Crippen LogP contribution in [0.3, 0.4) is 0 Å². The van der Waals surface area contributed by atoms with Crippen molar-refractivity contribution in [3.05, 3.63) is 64.6 Å². The van der Waals surface area contributed by atoms with Crippen LogP contribution >= 0.6 is 0 Å². The van der Waals surface area contributed by atoms with Gasteiger partial charge in [0.15, 0.2) is 0 Å². The van der Waals surface area contributed by atoms with E-state index in [4.69, 9.17) is 0 Å². The van der Waals surface area contributed by atoms with Gasteiger partial charge >= 0.3 is 5.69 Å². The molecule has 0 radical (unpaired) electrons. The normalized spacial score (nSPS) is 31.0. The van der Waals surface area contributed by atoms with E-state index >= 15 is 0 Å². The first kappa shape index (κ1) is 17.6. The van der Waals surface area contributed by atoms with E-state index in [1.165, 1.54) is 22.9 Å². The van der Waals surface area contributed by atoms with Gasteiger partial charge in [-0.25, -0.2) is 14.2 Å². The molecule has 3 atom stereocenters. The third-order valence-corrected chi connectivity index (χ3v) is 6.70. The van der Waals surface area contributed by atoms with E-state index in [1.807, 2.05) is 17.0 Å². The second kappa shape index (κ2) is 6.81.